The van der Waals surface area contributed by atoms with Gasteiger partial charge in [0, 0.05) is 43.0 Å². The fraction of sp³-hybridized carbons (Fsp3) is 0.400. The molecule has 7 heteroatoms. The third kappa shape index (κ3) is 7.50. The first-order chi connectivity index (χ1) is 12.5. The first-order valence-corrected chi connectivity index (χ1v) is 9.67. The largest absolute Gasteiger partial charge is 0.356 e. The number of nitrogens with zero attached hydrogens (tertiary/aromatic N) is 2. The van der Waals surface area contributed by atoms with Gasteiger partial charge in [-0.3, -0.25) is 9.79 Å². The van der Waals surface area contributed by atoms with E-state index < -0.39 is 0 Å². The van der Waals surface area contributed by atoms with Gasteiger partial charge < -0.3 is 15.5 Å². The average Bonchev–Trinajstić information content (AvgIpc) is 3.12. The van der Waals surface area contributed by atoms with Gasteiger partial charge in [0.15, 0.2) is 5.96 Å². The summed E-state index contributed by atoms with van der Waals surface area (Å²) in [4.78, 5) is 20.6. The maximum Gasteiger partial charge on any atom is 0.253 e. The number of hydrogen-bond donors (Lipinski definition) is 2. The van der Waals surface area contributed by atoms with Crippen molar-refractivity contribution in [2.45, 2.75) is 26.3 Å². The van der Waals surface area contributed by atoms with Crippen molar-refractivity contribution in [2.75, 3.05) is 27.7 Å². The van der Waals surface area contributed by atoms with E-state index in [0.717, 1.165) is 43.0 Å². The van der Waals surface area contributed by atoms with Crippen LogP contribution in [0.25, 0.3) is 0 Å². The van der Waals surface area contributed by atoms with E-state index in [1.54, 1.807) is 26.0 Å². The summed E-state index contributed by atoms with van der Waals surface area (Å²) in [7, 11) is 5.31. The number of benzene rings is 1. The maximum atomic E-state index is 12.1. The number of hydrogen-bond acceptors (Lipinski definition) is 3. The van der Waals surface area contributed by atoms with Crippen LogP contribution in [0.2, 0.25) is 0 Å². The molecule has 5 nitrogen and oxygen atoms in total. The van der Waals surface area contributed by atoms with Crippen molar-refractivity contribution < 1.29 is 4.79 Å². The van der Waals surface area contributed by atoms with Crippen LogP contribution in [-0.2, 0) is 19.4 Å². The Kier molecular flexibility index (Phi) is 10.4. The summed E-state index contributed by atoms with van der Waals surface area (Å²) >= 11 is 1.83. The third-order valence-corrected chi connectivity index (χ3v) is 5.24. The highest BCUT2D eigenvalue weighted by Gasteiger charge is 2.08. The van der Waals surface area contributed by atoms with Crippen LogP contribution in [0.15, 0.2) is 41.4 Å². The minimum Gasteiger partial charge on any atom is -0.356 e. The van der Waals surface area contributed by atoms with E-state index in [4.69, 9.17) is 0 Å². The minimum absolute atomic E-state index is 0. The Labute approximate surface area is 183 Å². The van der Waals surface area contributed by atoms with Gasteiger partial charge in [0.1, 0.15) is 0 Å². The Hall–Kier alpha value is -1.61. The minimum atomic E-state index is 0. The summed E-state index contributed by atoms with van der Waals surface area (Å²) in [6, 6.07) is 12.1. The molecule has 148 valence electrons. The summed E-state index contributed by atoms with van der Waals surface area (Å²) in [6.45, 7) is 3.70. The predicted octanol–water partition coefficient (Wildman–Crippen LogP) is 3.54. The van der Waals surface area contributed by atoms with Crippen molar-refractivity contribution in [1.29, 1.82) is 0 Å². The van der Waals surface area contributed by atoms with Crippen LogP contribution in [0.3, 0.4) is 0 Å². The number of rotatable bonds is 7. The Morgan fingerprint density at radius 3 is 2.52 bits per heavy atom. The van der Waals surface area contributed by atoms with E-state index in [0.29, 0.717) is 0 Å². The Balaban J connectivity index is 0.00000364. The molecule has 0 fully saturated rings. The quantitative estimate of drug-likeness (QED) is 0.348. The number of thiophene rings is 1. The van der Waals surface area contributed by atoms with Gasteiger partial charge in [-0.15, -0.1) is 35.3 Å². The summed E-state index contributed by atoms with van der Waals surface area (Å²) in [5.74, 6) is 0.816. The molecule has 2 N–H and O–H groups in total. The number of halogens is 1. The lowest BCUT2D eigenvalue weighted by Gasteiger charge is -2.13. The van der Waals surface area contributed by atoms with Crippen LogP contribution >= 0.6 is 35.3 Å². The van der Waals surface area contributed by atoms with Crippen molar-refractivity contribution >= 4 is 47.2 Å². The first-order valence-electron chi connectivity index (χ1n) is 8.86. The highest BCUT2D eigenvalue weighted by molar-refractivity contribution is 14.0. The zero-order valence-corrected chi connectivity index (χ0v) is 19.6. The highest BCUT2D eigenvalue weighted by Crippen LogP contribution is 2.16. The van der Waals surface area contributed by atoms with E-state index >= 15 is 0 Å². The molecule has 27 heavy (non-hydrogen) atoms. The molecule has 0 spiro atoms. The van der Waals surface area contributed by atoms with Crippen LogP contribution in [-0.4, -0.2) is 44.5 Å². The normalized spacial score (nSPS) is 10.9. The molecule has 2 rings (SSSR count). The molecule has 0 bridgehead atoms. The lowest BCUT2D eigenvalue weighted by molar-refractivity contribution is 0.0827. The fourth-order valence-electron chi connectivity index (χ4n) is 2.54. The van der Waals surface area contributed by atoms with Crippen molar-refractivity contribution in [3.05, 3.63) is 57.3 Å². The summed E-state index contributed by atoms with van der Waals surface area (Å²) in [5, 5.41) is 6.67. The molecule has 0 saturated carbocycles. The first kappa shape index (κ1) is 23.4. The SMILES string of the molecule is CCc1ccc(CNC(=NC)NCCc2cccc(C(=O)N(C)C)c2)s1.I. The van der Waals surface area contributed by atoms with Crippen molar-refractivity contribution in [1.82, 2.24) is 15.5 Å². The topological polar surface area (TPSA) is 56.7 Å². The molecule has 1 amide bonds. The molecule has 0 atom stereocenters. The van der Waals surface area contributed by atoms with Crippen molar-refractivity contribution in [3.8, 4) is 0 Å². The summed E-state index contributed by atoms with van der Waals surface area (Å²) < 4.78 is 0. The van der Waals surface area contributed by atoms with Crippen molar-refractivity contribution in [3.63, 3.8) is 0 Å². The van der Waals surface area contributed by atoms with Crippen LogP contribution in [0.1, 0.15) is 32.6 Å². The number of carbonyl (C=O) groups is 1. The number of nitrogens with one attached hydrogen (secondary N) is 2. The van der Waals surface area contributed by atoms with Crippen LogP contribution in [0.5, 0.6) is 0 Å². The third-order valence-electron chi connectivity index (χ3n) is 4.01. The molecular formula is C20H29IN4OS. The second-order valence-electron chi connectivity index (χ2n) is 6.22. The molecule has 0 unspecified atom stereocenters. The number of carbonyl (C=O) groups excluding carboxylic acids is 1. The van der Waals surface area contributed by atoms with E-state index in [2.05, 4.69) is 34.7 Å². The summed E-state index contributed by atoms with van der Waals surface area (Å²) in [6.07, 6.45) is 1.90. The zero-order valence-electron chi connectivity index (χ0n) is 16.4. The van der Waals surface area contributed by atoms with Crippen LogP contribution < -0.4 is 10.6 Å². The predicted molar refractivity (Wildman–Crippen MR) is 125 cm³/mol. The fourth-order valence-corrected chi connectivity index (χ4v) is 3.44. The van der Waals surface area contributed by atoms with Gasteiger partial charge in [0.2, 0.25) is 0 Å². The molecule has 1 aromatic heterocycles. The second-order valence-corrected chi connectivity index (χ2v) is 7.48. The van der Waals surface area contributed by atoms with Gasteiger partial charge in [-0.05, 0) is 42.7 Å². The Morgan fingerprint density at radius 1 is 1.15 bits per heavy atom. The Morgan fingerprint density at radius 2 is 1.89 bits per heavy atom. The van der Waals surface area contributed by atoms with E-state index in [1.165, 1.54) is 9.75 Å². The van der Waals surface area contributed by atoms with E-state index in [9.17, 15) is 4.79 Å². The van der Waals surface area contributed by atoms with Gasteiger partial charge in [0.05, 0.1) is 6.54 Å². The molecular weight excluding hydrogens is 471 g/mol. The molecule has 0 aliphatic rings. The van der Waals surface area contributed by atoms with E-state index in [1.807, 2.05) is 35.6 Å². The Bertz CT molecular complexity index is 758. The lowest BCUT2D eigenvalue weighted by Crippen LogP contribution is -2.37. The van der Waals surface area contributed by atoms with Crippen LogP contribution in [0, 0.1) is 0 Å². The lowest BCUT2D eigenvalue weighted by atomic mass is 10.1. The number of aryl methyl sites for hydroxylation is 1. The van der Waals surface area contributed by atoms with Crippen LogP contribution in [0.4, 0.5) is 0 Å². The molecule has 0 aliphatic carbocycles. The molecule has 0 radical (unpaired) electrons. The molecule has 1 heterocycles. The smallest absolute Gasteiger partial charge is 0.253 e. The molecule has 1 aromatic carbocycles. The second kappa shape index (κ2) is 12.0. The average molecular weight is 500 g/mol. The molecule has 2 aromatic rings. The molecule has 0 saturated heterocycles. The zero-order chi connectivity index (χ0) is 18.9. The standard InChI is InChI=1S/C20H28N4OS.HI/c1-5-17-9-10-18(26-17)14-23-20(21-2)22-12-11-15-7-6-8-16(13-15)19(25)24(3)4;/h6-10,13H,5,11-12,14H2,1-4H3,(H2,21,22,23);1H. The van der Waals surface area contributed by atoms with Gasteiger partial charge in [0.25, 0.3) is 5.91 Å². The van der Waals surface area contributed by atoms with Crippen molar-refractivity contribution in [2.24, 2.45) is 4.99 Å². The molecule has 0 aliphatic heterocycles. The van der Waals surface area contributed by atoms with Gasteiger partial charge in [-0.2, -0.15) is 0 Å². The number of guanidine groups is 1. The summed E-state index contributed by atoms with van der Waals surface area (Å²) in [5.41, 5.74) is 1.85. The monoisotopic (exact) mass is 500 g/mol. The highest BCUT2D eigenvalue weighted by atomic mass is 127. The van der Waals surface area contributed by atoms with E-state index in [-0.39, 0.29) is 29.9 Å². The number of aliphatic imine (C=N–C) groups is 1. The number of amides is 1. The maximum absolute atomic E-state index is 12.1. The van der Waals surface area contributed by atoms with Gasteiger partial charge in [-0.1, -0.05) is 19.1 Å². The van der Waals surface area contributed by atoms with Gasteiger partial charge in [-0.25, -0.2) is 0 Å². The van der Waals surface area contributed by atoms with Gasteiger partial charge >= 0.3 is 0 Å².